The van der Waals surface area contributed by atoms with Crippen molar-refractivity contribution in [3.63, 3.8) is 0 Å². The van der Waals surface area contributed by atoms with Crippen LogP contribution in [0.3, 0.4) is 0 Å². The summed E-state index contributed by atoms with van der Waals surface area (Å²) in [5.74, 6) is 0.0292. The standard InChI is InChI=1S/C19H24N2O2/c1-13-11-21(12-14(2)23-13)15(3)19(22)20-18-9-8-16-6-4-5-7-17(16)10-18/h4-10,13-15H,11-12H2,1-3H3,(H,20,22)/t13-,14-,15+/m1/s1. The minimum absolute atomic E-state index is 0.0292. The topological polar surface area (TPSA) is 41.6 Å². The lowest BCUT2D eigenvalue weighted by Gasteiger charge is -2.38. The molecule has 0 radical (unpaired) electrons. The molecule has 2 aromatic rings. The van der Waals surface area contributed by atoms with Gasteiger partial charge in [0.05, 0.1) is 18.2 Å². The van der Waals surface area contributed by atoms with E-state index in [9.17, 15) is 4.79 Å². The fourth-order valence-corrected chi connectivity index (χ4v) is 3.21. The maximum atomic E-state index is 12.6. The first-order valence-electron chi connectivity index (χ1n) is 8.22. The molecule has 1 fully saturated rings. The molecule has 0 saturated carbocycles. The normalized spacial score (nSPS) is 23.6. The van der Waals surface area contributed by atoms with Crippen LogP contribution in [-0.2, 0) is 9.53 Å². The first-order chi connectivity index (χ1) is 11.0. The Hall–Kier alpha value is -1.91. The van der Waals surface area contributed by atoms with Crippen LogP contribution in [0.5, 0.6) is 0 Å². The maximum Gasteiger partial charge on any atom is 0.241 e. The number of carbonyl (C=O) groups is 1. The molecule has 2 aromatic carbocycles. The fraction of sp³-hybridized carbons (Fsp3) is 0.421. The lowest BCUT2D eigenvalue weighted by molar-refractivity contribution is -0.126. The van der Waals surface area contributed by atoms with Gasteiger partial charge in [-0.25, -0.2) is 0 Å². The average Bonchev–Trinajstić information content (AvgIpc) is 2.53. The van der Waals surface area contributed by atoms with Crippen LogP contribution < -0.4 is 5.32 Å². The Balaban J connectivity index is 1.69. The van der Waals surface area contributed by atoms with Gasteiger partial charge in [0.2, 0.25) is 5.91 Å². The molecule has 23 heavy (non-hydrogen) atoms. The lowest BCUT2D eigenvalue weighted by Crippen LogP contribution is -2.52. The molecule has 0 bridgehead atoms. The van der Waals surface area contributed by atoms with Gasteiger partial charge < -0.3 is 10.1 Å². The lowest BCUT2D eigenvalue weighted by atomic mass is 10.1. The summed E-state index contributed by atoms with van der Waals surface area (Å²) in [6.07, 6.45) is 0.323. The Kier molecular flexibility index (Phi) is 4.64. The van der Waals surface area contributed by atoms with E-state index in [0.29, 0.717) is 0 Å². The quantitative estimate of drug-likeness (QED) is 0.945. The number of carbonyl (C=O) groups excluding carboxylic acids is 1. The first kappa shape index (κ1) is 16.0. The molecule has 0 aromatic heterocycles. The molecule has 0 aliphatic carbocycles. The third kappa shape index (κ3) is 3.71. The summed E-state index contributed by atoms with van der Waals surface area (Å²) in [6.45, 7) is 7.64. The summed E-state index contributed by atoms with van der Waals surface area (Å²) in [7, 11) is 0. The van der Waals surface area contributed by atoms with E-state index < -0.39 is 0 Å². The first-order valence-corrected chi connectivity index (χ1v) is 8.22. The van der Waals surface area contributed by atoms with Crippen molar-refractivity contribution in [1.29, 1.82) is 0 Å². The minimum atomic E-state index is -0.171. The van der Waals surface area contributed by atoms with Crippen molar-refractivity contribution in [2.45, 2.75) is 39.0 Å². The van der Waals surface area contributed by atoms with Crippen molar-refractivity contribution < 1.29 is 9.53 Å². The number of ether oxygens (including phenoxy) is 1. The highest BCUT2D eigenvalue weighted by Gasteiger charge is 2.29. The van der Waals surface area contributed by atoms with E-state index in [1.54, 1.807) is 0 Å². The number of fused-ring (bicyclic) bond motifs is 1. The Morgan fingerprint density at radius 2 is 1.78 bits per heavy atom. The zero-order valence-corrected chi connectivity index (χ0v) is 14.0. The monoisotopic (exact) mass is 312 g/mol. The number of nitrogens with one attached hydrogen (secondary N) is 1. The van der Waals surface area contributed by atoms with Crippen LogP contribution in [0.2, 0.25) is 0 Å². The summed E-state index contributed by atoms with van der Waals surface area (Å²) in [6, 6.07) is 14.0. The third-order valence-corrected chi connectivity index (χ3v) is 4.39. The smallest absolute Gasteiger partial charge is 0.241 e. The highest BCUT2D eigenvalue weighted by molar-refractivity contribution is 5.97. The molecule has 1 aliphatic rings. The van der Waals surface area contributed by atoms with Crippen LogP contribution in [-0.4, -0.2) is 42.1 Å². The molecule has 122 valence electrons. The van der Waals surface area contributed by atoms with Crippen LogP contribution in [0.1, 0.15) is 20.8 Å². The van der Waals surface area contributed by atoms with Gasteiger partial charge in [-0.05, 0) is 43.7 Å². The highest BCUT2D eigenvalue weighted by atomic mass is 16.5. The van der Waals surface area contributed by atoms with Gasteiger partial charge in [-0.15, -0.1) is 0 Å². The zero-order valence-electron chi connectivity index (χ0n) is 14.0. The minimum Gasteiger partial charge on any atom is -0.373 e. The second kappa shape index (κ2) is 6.69. The predicted molar refractivity (Wildman–Crippen MR) is 93.6 cm³/mol. The van der Waals surface area contributed by atoms with Gasteiger partial charge in [-0.2, -0.15) is 0 Å². The predicted octanol–water partition coefficient (Wildman–Crippen LogP) is 3.28. The molecule has 1 heterocycles. The van der Waals surface area contributed by atoms with E-state index in [1.165, 1.54) is 5.39 Å². The number of rotatable bonds is 3. The van der Waals surface area contributed by atoms with Gasteiger partial charge >= 0.3 is 0 Å². The number of amides is 1. The summed E-state index contributed by atoms with van der Waals surface area (Å²) in [5, 5.41) is 5.35. The Labute approximate surface area is 137 Å². The SMILES string of the molecule is C[C@@H]1CN([C@@H](C)C(=O)Nc2ccc3ccccc3c2)C[C@@H](C)O1. The summed E-state index contributed by atoms with van der Waals surface area (Å²) in [5.41, 5.74) is 0.843. The van der Waals surface area contributed by atoms with Gasteiger partial charge in [0.15, 0.2) is 0 Å². The molecular formula is C19H24N2O2. The van der Waals surface area contributed by atoms with Gasteiger partial charge in [0.25, 0.3) is 0 Å². The van der Waals surface area contributed by atoms with Gasteiger partial charge in [0, 0.05) is 18.8 Å². The maximum absolute atomic E-state index is 12.6. The van der Waals surface area contributed by atoms with Gasteiger partial charge in [-0.1, -0.05) is 30.3 Å². The Morgan fingerprint density at radius 3 is 2.48 bits per heavy atom. The third-order valence-electron chi connectivity index (χ3n) is 4.39. The number of hydrogen-bond acceptors (Lipinski definition) is 3. The average molecular weight is 312 g/mol. The molecule has 1 amide bonds. The fourth-order valence-electron chi connectivity index (χ4n) is 3.21. The van der Waals surface area contributed by atoms with Crippen LogP contribution in [0.4, 0.5) is 5.69 Å². The van der Waals surface area contributed by atoms with Crippen molar-refractivity contribution >= 4 is 22.4 Å². The number of hydrogen-bond donors (Lipinski definition) is 1. The van der Waals surface area contributed by atoms with Crippen molar-refractivity contribution in [3.8, 4) is 0 Å². The van der Waals surface area contributed by atoms with Crippen LogP contribution in [0.15, 0.2) is 42.5 Å². The van der Waals surface area contributed by atoms with Crippen LogP contribution in [0.25, 0.3) is 10.8 Å². The van der Waals surface area contributed by atoms with Crippen molar-refractivity contribution in [2.24, 2.45) is 0 Å². The number of benzene rings is 2. The largest absolute Gasteiger partial charge is 0.373 e. The number of morpholine rings is 1. The second-order valence-corrected chi connectivity index (χ2v) is 6.44. The molecule has 4 nitrogen and oxygen atoms in total. The van der Waals surface area contributed by atoms with Crippen LogP contribution in [0, 0.1) is 0 Å². The van der Waals surface area contributed by atoms with E-state index >= 15 is 0 Å². The highest BCUT2D eigenvalue weighted by Crippen LogP contribution is 2.20. The molecule has 1 saturated heterocycles. The van der Waals surface area contributed by atoms with E-state index in [1.807, 2.05) is 37.3 Å². The number of nitrogens with zero attached hydrogens (tertiary/aromatic N) is 1. The van der Waals surface area contributed by atoms with E-state index in [-0.39, 0.29) is 24.2 Å². The Bertz CT molecular complexity index is 691. The van der Waals surface area contributed by atoms with Gasteiger partial charge in [-0.3, -0.25) is 9.69 Å². The summed E-state index contributed by atoms with van der Waals surface area (Å²) < 4.78 is 5.74. The molecular weight excluding hydrogens is 288 g/mol. The Morgan fingerprint density at radius 1 is 1.13 bits per heavy atom. The zero-order chi connectivity index (χ0) is 16.4. The van der Waals surface area contributed by atoms with E-state index in [2.05, 4.69) is 36.2 Å². The molecule has 0 spiro atoms. The number of anilines is 1. The summed E-state index contributed by atoms with van der Waals surface area (Å²) >= 11 is 0. The molecule has 0 unspecified atom stereocenters. The summed E-state index contributed by atoms with van der Waals surface area (Å²) in [4.78, 5) is 14.8. The second-order valence-electron chi connectivity index (χ2n) is 6.44. The van der Waals surface area contributed by atoms with Crippen molar-refractivity contribution in [1.82, 2.24) is 4.90 Å². The molecule has 4 heteroatoms. The van der Waals surface area contributed by atoms with E-state index in [0.717, 1.165) is 24.2 Å². The van der Waals surface area contributed by atoms with Crippen molar-refractivity contribution in [3.05, 3.63) is 42.5 Å². The van der Waals surface area contributed by atoms with Crippen molar-refractivity contribution in [2.75, 3.05) is 18.4 Å². The molecule has 1 aliphatic heterocycles. The van der Waals surface area contributed by atoms with Crippen LogP contribution >= 0.6 is 0 Å². The van der Waals surface area contributed by atoms with E-state index in [4.69, 9.17) is 4.74 Å². The molecule has 3 atom stereocenters. The molecule has 3 rings (SSSR count). The molecule has 1 N–H and O–H groups in total. The van der Waals surface area contributed by atoms with Gasteiger partial charge in [0.1, 0.15) is 0 Å².